The molecule has 2 unspecified atom stereocenters. The van der Waals surface area contributed by atoms with E-state index in [9.17, 15) is 4.79 Å². The molecule has 4 heteroatoms. The van der Waals surface area contributed by atoms with E-state index >= 15 is 0 Å². The standard InChI is InChI=1S/C39H51N3O/c1-4-39(20-10-11-21-39)41-29(3)32-18-19-35-36(25-32)42-26-30(23-28(2)13-12-22-40-27-43)24-33-16-8-9-17-34(33)38(42)37(35)31-14-6-5-7-15-31/h4,8-9,16-19,25,27-28,30-31,41H,1,3,5-7,10-15,20-24,26H2,2H3,(H,40,43). The highest BCUT2D eigenvalue weighted by atomic mass is 16.1. The van der Waals surface area contributed by atoms with Gasteiger partial charge in [-0.05, 0) is 91.9 Å². The highest BCUT2D eigenvalue weighted by Crippen LogP contribution is 2.47. The maximum atomic E-state index is 10.7. The third kappa shape index (κ3) is 6.21. The van der Waals surface area contributed by atoms with E-state index in [0.717, 1.165) is 57.3 Å². The first-order valence-corrected chi connectivity index (χ1v) is 17.0. The Labute approximate surface area is 259 Å². The summed E-state index contributed by atoms with van der Waals surface area (Å²) < 4.78 is 2.71. The third-order valence-electron chi connectivity index (χ3n) is 10.8. The van der Waals surface area contributed by atoms with Gasteiger partial charge in [-0.15, -0.1) is 6.58 Å². The minimum absolute atomic E-state index is 0.0310. The second-order valence-electron chi connectivity index (χ2n) is 13.9. The van der Waals surface area contributed by atoms with Crippen molar-refractivity contribution in [2.24, 2.45) is 11.8 Å². The van der Waals surface area contributed by atoms with Crippen molar-refractivity contribution >= 4 is 23.0 Å². The van der Waals surface area contributed by atoms with Crippen molar-refractivity contribution in [3.63, 3.8) is 0 Å². The molecule has 1 aliphatic heterocycles. The normalized spacial score (nSPS) is 20.5. The molecule has 2 aliphatic carbocycles. The van der Waals surface area contributed by atoms with Crippen LogP contribution in [-0.2, 0) is 17.8 Å². The van der Waals surface area contributed by atoms with Crippen LogP contribution >= 0.6 is 0 Å². The number of amides is 1. The van der Waals surface area contributed by atoms with Gasteiger partial charge in [0.2, 0.25) is 6.41 Å². The van der Waals surface area contributed by atoms with Gasteiger partial charge in [0.15, 0.2) is 0 Å². The number of nitrogens with one attached hydrogen (secondary N) is 2. The molecule has 2 saturated carbocycles. The summed E-state index contributed by atoms with van der Waals surface area (Å²) >= 11 is 0. The average Bonchev–Trinajstić information content (AvgIpc) is 3.58. The summed E-state index contributed by atoms with van der Waals surface area (Å²) in [6.07, 6.45) is 18.8. The van der Waals surface area contributed by atoms with Crippen LogP contribution in [0.3, 0.4) is 0 Å². The Morgan fingerprint density at radius 1 is 1.09 bits per heavy atom. The summed E-state index contributed by atoms with van der Waals surface area (Å²) in [6, 6.07) is 16.4. The molecule has 4 nitrogen and oxygen atoms in total. The van der Waals surface area contributed by atoms with Crippen LogP contribution < -0.4 is 10.6 Å². The monoisotopic (exact) mass is 577 g/mol. The molecule has 0 spiro atoms. The zero-order valence-electron chi connectivity index (χ0n) is 26.3. The van der Waals surface area contributed by atoms with Gasteiger partial charge in [-0.1, -0.05) is 88.1 Å². The smallest absolute Gasteiger partial charge is 0.207 e. The summed E-state index contributed by atoms with van der Waals surface area (Å²) in [6.45, 7) is 13.0. The number of aromatic nitrogens is 1. The number of fused-ring (bicyclic) bond motifs is 5. The number of carbonyl (C=O) groups excluding carboxylic acids is 1. The van der Waals surface area contributed by atoms with Gasteiger partial charge < -0.3 is 15.2 Å². The van der Waals surface area contributed by atoms with Crippen molar-refractivity contribution in [3.05, 3.63) is 78.4 Å². The van der Waals surface area contributed by atoms with E-state index in [1.165, 1.54) is 84.7 Å². The van der Waals surface area contributed by atoms with Crippen molar-refractivity contribution in [1.29, 1.82) is 0 Å². The first kappa shape index (κ1) is 29.8. The Bertz CT molecular complexity index is 1450. The van der Waals surface area contributed by atoms with E-state index < -0.39 is 0 Å². The Morgan fingerprint density at radius 2 is 1.88 bits per heavy atom. The highest BCUT2D eigenvalue weighted by molar-refractivity contribution is 5.95. The highest BCUT2D eigenvalue weighted by Gasteiger charge is 2.33. The Morgan fingerprint density at radius 3 is 2.65 bits per heavy atom. The zero-order valence-corrected chi connectivity index (χ0v) is 26.3. The molecule has 2 atom stereocenters. The van der Waals surface area contributed by atoms with E-state index in [1.807, 2.05) is 0 Å². The van der Waals surface area contributed by atoms with Crippen molar-refractivity contribution in [1.82, 2.24) is 15.2 Å². The fourth-order valence-corrected chi connectivity index (χ4v) is 8.63. The van der Waals surface area contributed by atoms with Gasteiger partial charge in [0.25, 0.3) is 0 Å². The number of benzene rings is 2. The number of hydrogen-bond acceptors (Lipinski definition) is 2. The molecule has 6 rings (SSSR count). The molecule has 3 aliphatic rings. The number of nitrogens with zero attached hydrogens (tertiary/aromatic N) is 1. The molecule has 1 aromatic heterocycles. The number of carbonyl (C=O) groups is 1. The predicted octanol–water partition coefficient (Wildman–Crippen LogP) is 9.14. The van der Waals surface area contributed by atoms with Crippen LogP contribution in [0.1, 0.15) is 107 Å². The number of hydrogen-bond donors (Lipinski definition) is 2. The van der Waals surface area contributed by atoms with Gasteiger partial charge in [0, 0.05) is 35.3 Å². The van der Waals surface area contributed by atoms with E-state index in [1.54, 1.807) is 5.56 Å². The summed E-state index contributed by atoms with van der Waals surface area (Å²) in [5.74, 6) is 1.81. The minimum atomic E-state index is -0.0310. The minimum Gasteiger partial charge on any atom is -0.376 e. The molecule has 0 radical (unpaired) electrons. The molecule has 43 heavy (non-hydrogen) atoms. The quantitative estimate of drug-likeness (QED) is 0.128. The second-order valence-corrected chi connectivity index (χ2v) is 13.9. The third-order valence-corrected chi connectivity index (χ3v) is 10.8. The van der Waals surface area contributed by atoms with Crippen molar-refractivity contribution < 1.29 is 4.79 Å². The van der Waals surface area contributed by atoms with Crippen LogP contribution in [0.2, 0.25) is 0 Å². The summed E-state index contributed by atoms with van der Waals surface area (Å²) in [4.78, 5) is 10.7. The second kappa shape index (κ2) is 13.2. The van der Waals surface area contributed by atoms with Crippen molar-refractivity contribution in [3.8, 4) is 11.3 Å². The largest absolute Gasteiger partial charge is 0.376 e. The summed E-state index contributed by atoms with van der Waals surface area (Å²) in [7, 11) is 0. The predicted molar refractivity (Wildman–Crippen MR) is 181 cm³/mol. The van der Waals surface area contributed by atoms with Gasteiger partial charge in [-0.2, -0.15) is 0 Å². The molecule has 1 amide bonds. The number of rotatable bonds is 12. The first-order valence-electron chi connectivity index (χ1n) is 17.0. The SMILES string of the molecule is C=CC1(NC(=C)c2ccc3c(C4CCCCC4)c4n(c3c2)CC(CC(C)CCCNC=O)Cc2ccccc2-4)CCCC1. The van der Waals surface area contributed by atoms with Crippen LogP contribution in [0, 0.1) is 11.8 Å². The van der Waals surface area contributed by atoms with Gasteiger partial charge in [-0.3, -0.25) is 4.79 Å². The lowest BCUT2D eigenvalue weighted by Crippen LogP contribution is -2.38. The van der Waals surface area contributed by atoms with Crippen LogP contribution in [0.5, 0.6) is 0 Å². The zero-order chi connectivity index (χ0) is 29.8. The molecular weight excluding hydrogens is 526 g/mol. The molecule has 2 heterocycles. The lowest BCUT2D eigenvalue weighted by Gasteiger charge is -2.29. The Balaban J connectivity index is 1.42. The molecule has 3 aromatic rings. The van der Waals surface area contributed by atoms with Crippen molar-refractivity contribution in [2.75, 3.05) is 6.54 Å². The topological polar surface area (TPSA) is 46.1 Å². The summed E-state index contributed by atoms with van der Waals surface area (Å²) in [5, 5.41) is 8.10. The van der Waals surface area contributed by atoms with Crippen LogP contribution in [0.25, 0.3) is 27.9 Å². The molecule has 0 bridgehead atoms. The fraction of sp³-hybridized carbons (Fsp3) is 0.513. The van der Waals surface area contributed by atoms with Gasteiger partial charge in [-0.25, -0.2) is 0 Å². The van der Waals surface area contributed by atoms with E-state index in [4.69, 9.17) is 0 Å². The van der Waals surface area contributed by atoms with Crippen LogP contribution in [0.15, 0.2) is 61.7 Å². The molecule has 2 aromatic carbocycles. The van der Waals surface area contributed by atoms with E-state index in [2.05, 4.69) is 83.8 Å². The molecule has 228 valence electrons. The summed E-state index contributed by atoms with van der Waals surface area (Å²) in [5.41, 5.74) is 9.58. The lowest BCUT2D eigenvalue weighted by atomic mass is 9.81. The maximum absolute atomic E-state index is 10.7. The van der Waals surface area contributed by atoms with Crippen LogP contribution in [-0.4, -0.2) is 23.1 Å². The van der Waals surface area contributed by atoms with Crippen molar-refractivity contribution in [2.45, 2.75) is 108 Å². The first-order chi connectivity index (χ1) is 21.0. The molecular formula is C39H51N3O. The van der Waals surface area contributed by atoms with Gasteiger partial charge in [0.05, 0.1) is 11.2 Å². The van der Waals surface area contributed by atoms with Gasteiger partial charge >= 0.3 is 0 Å². The van der Waals surface area contributed by atoms with E-state index in [-0.39, 0.29) is 5.54 Å². The molecule has 2 N–H and O–H groups in total. The van der Waals surface area contributed by atoms with E-state index in [0.29, 0.717) is 17.8 Å². The lowest BCUT2D eigenvalue weighted by molar-refractivity contribution is -0.109. The maximum Gasteiger partial charge on any atom is 0.207 e. The van der Waals surface area contributed by atoms with Crippen LogP contribution in [0.4, 0.5) is 0 Å². The average molecular weight is 578 g/mol. The van der Waals surface area contributed by atoms with Gasteiger partial charge in [0.1, 0.15) is 0 Å². The fourth-order valence-electron chi connectivity index (χ4n) is 8.63. The Kier molecular flexibility index (Phi) is 9.12. The molecule has 0 saturated heterocycles. The molecule has 2 fully saturated rings. The Hall–Kier alpha value is -3.27.